The molecule has 32 heavy (non-hydrogen) atoms. The number of nitrogens with one attached hydrogen (secondary N) is 2. The highest BCUT2D eigenvalue weighted by atomic mass is 32.1. The molecule has 0 unspecified atom stereocenters. The monoisotopic (exact) mass is 452 g/mol. The van der Waals surface area contributed by atoms with Crippen LogP contribution in [-0.2, 0) is 4.79 Å². The van der Waals surface area contributed by atoms with Gasteiger partial charge in [0, 0.05) is 35.6 Å². The van der Waals surface area contributed by atoms with Crippen LogP contribution < -0.4 is 21.3 Å². The zero-order valence-electron chi connectivity index (χ0n) is 18.0. The van der Waals surface area contributed by atoms with Crippen LogP contribution in [0, 0.1) is 11.3 Å². The van der Waals surface area contributed by atoms with Gasteiger partial charge in [0.15, 0.2) is 5.13 Å². The van der Waals surface area contributed by atoms with Gasteiger partial charge >= 0.3 is 0 Å². The highest BCUT2D eigenvalue weighted by Crippen LogP contribution is 2.31. The Bertz CT molecular complexity index is 1010. The van der Waals surface area contributed by atoms with Crippen LogP contribution in [0.1, 0.15) is 48.9 Å². The van der Waals surface area contributed by atoms with E-state index >= 15 is 0 Å². The van der Waals surface area contributed by atoms with Gasteiger partial charge in [0.1, 0.15) is 12.1 Å². The van der Waals surface area contributed by atoms with Crippen LogP contribution in [0.25, 0.3) is 11.3 Å². The highest BCUT2D eigenvalue weighted by molar-refractivity contribution is 7.14. The molecule has 2 heterocycles. The maximum Gasteiger partial charge on any atom is 0.252 e. The molecule has 1 atom stereocenters. The summed E-state index contributed by atoms with van der Waals surface area (Å²) in [6, 6.07) is 9.42. The largest absolute Gasteiger partial charge is 0.346 e. The van der Waals surface area contributed by atoms with Crippen LogP contribution in [0.15, 0.2) is 29.6 Å². The molecule has 4 N–H and O–H groups in total. The van der Waals surface area contributed by atoms with Gasteiger partial charge < -0.3 is 21.3 Å². The zero-order valence-corrected chi connectivity index (χ0v) is 18.8. The molecule has 2 amide bonds. The SMILES string of the molecule is N#CCNC(=O)C1(NC(=O)c2ccc(-c3csc(N4CC[C@@H](N)C4)n3)cc2)CCCCC1. The lowest BCUT2D eigenvalue weighted by Crippen LogP contribution is -2.59. The maximum atomic E-state index is 13.0. The van der Waals surface area contributed by atoms with E-state index in [0.717, 1.165) is 55.2 Å². The first-order valence-corrected chi connectivity index (χ1v) is 11.9. The molecule has 9 heteroatoms. The Balaban J connectivity index is 1.45. The van der Waals surface area contributed by atoms with E-state index in [2.05, 4.69) is 15.5 Å². The number of hydrogen-bond acceptors (Lipinski definition) is 7. The number of nitrogens with two attached hydrogens (primary N) is 1. The predicted molar refractivity (Wildman–Crippen MR) is 124 cm³/mol. The van der Waals surface area contributed by atoms with Crippen LogP contribution in [0.2, 0.25) is 0 Å². The maximum absolute atomic E-state index is 13.0. The standard InChI is InChI=1S/C23H28N6O2S/c24-11-12-26-21(31)23(9-2-1-3-10-23)28-20(30)17-6-4-16(5-7-17)19-15-32-22(27-19)29-13-8-18(25)14-29/h4-7,15,18H,1-3,8-10,12-14,25H2,(H,26,31)(H,28,30)/t18-/m1/s1. The Labute approximate surface area is 191 Å². The molecule has 1 aliphatic heterocycles. The van der Waals surface area contributed by atoms with Crippen molar-refractivity contribution < 1.29 is 9.59 Å². The fourth-order valence-corrected chi connectivity index (χ4v) is 5.31. The fraction of sp³-hybridized carbons (Fsp3) is 0.478. The predicted octanol–water partition coefficient (Wildman–Crippen LogP) is 2.42. The second-order valence-corrected chi connectivity index (χ2v) is 9.36. The molecule has 8 nitrogen and oxygen atoms in total. The number of hydrogen-bond donors (Lipinski definition) is 3. The minimum Gasteiger partial charge on any atom is -0.346 e. The number of anilines is 1. The van der Waals surface area contributed by atoms with Gasteiger partial charge in [-0.05, 0) is 31.4 Å². The van der Waals surface area contributed by atoms with Gasteiger partial charge in [-0.15, -0.1) is 11.3 Å². The zero-order chi connectivity index (χ0) is 22.6. The van der Waals surface area contributed by atoms with Crippen LogP contribution >= 0.6 is 11.3 Å². The number of rotatable bonds is 6. The molecule has 1 saturated heterocycles. The Kier molecular flexibility index (Phi) is 6.72. The molecule has 2 aromatic rings. The van der Waals surface area contributed by atoms with Crippen LogP contribution in [0.3, 0.4) is 0 Å². The minimum atomic E-state index is -0.953. The number of carbonyl (C=O) groups excluding carboxylic acids is 2. The first-order valence-electron chi connectivity index (χ1n) is 11.0. The number of carbonyl (C=O) groups is 2. The second-order valence-electron chi connectivity index (χ2n) is 8.53. The Morgan fingerprint density at radius 3 is 2.66 bits per heavy atom. The summed E-state index contributed by atoms with van der Waals surface area (Å²) in [7, 11) is 0. The van der Waals surface area contributed by atoms with E-state index < -0.39 is 5.54 Å². The smallest absolute Gasteiger partial charge is 0.252 e. The molecule has 1 aromatic carbocycles. The lowest BCUT2D eigenvalue weighted by molar-refractivity contribution is -0.128. The Morgan fingerprint density at radius 2 is 2.00 bits per heavy atom. The summed E-state index contributed by atoms with van der Waals surface area (Å²) in [6.07, 6.45) is 4.91. The van der Waals surface area contributed by atoms with Crippen molar-refractivity contribution in [2.45, 2.75) is 50.1 Å². The number of nitriles is 1. The quantitative estimate of drug-likeness (QED) is 0.578. The molecule has 0 spiro atoms. The topological polar surface area (TPSA) is 124 Å². The van der Waals surface area contributed by atoms with Gasteiger partial charge in [0.05, 0.1) is 11.8 Å². The van der Waals surface area contributed by atoms with Crippen molar-refractivity contribution in [3.8, 4) is 17.3 Å². The van der Waals surface area contributed by atoms with Gasteiger partial charge in [-0.2, -0.15) is 5.26 Å². The van der Waals surface area contributed by atoms with Gasteiger partial charge in [0.2, 0.25) is 5.91 Å². The van der Waals surface area contributed by atoms with Crippen LogP contribution in [0.5, 0.6) is 0 Å². The van der Waals surface area contributed by atoms with Crippen molar-refractivity contribution in [2.24, 2.45) is 5.73 Å². The van der Waals surface area contributed by atoms with Gasteiger partial charge in [-0.3, -0.25) is 9.59 Å². The Morgan fingerprint density at radius 1 is 1.25 bits per heavy atom. The van der Waals surface area contributed by atoms with Crippen molar-refractivity contribution in [2.75, 3.05) is 24.5 Å². The molecule has 4 rings (SSSR count). The molecule has 0 bridgehead atoms. The van der Waals surface area contributed by atoms with E-state index in [9.17, 15) is 9.59 Å². The van der Waals surface area contributed by atoms with Crippen molar-refractivity contribution in [3.63, 3.8) is 0 Å². The third-order valence-electron chi connectivity index (χ3n) is 6.25. The summed E-state index contributed by atoms with van der Waals surface area (Å²) in [5, 5.41) is 17.4. The lowest BCUT2D eigenvalue weighted by atomic mass is 9.80. The molecule has 1 aromatic heterocycles. The van der Waals surface area contributed by atoms with Crippen molar-refractivity contribution >= 4 is 28.3 Å². The Hall–Kier alpha value is -2.96. The molecular formula is C23H28N6O2S. The van der Waals surface area contributed by atoms with Gasteiger partial charge in [-0.25, -0.2) is 4.98 Å². The summed E-state index contributed by atoms with van der Waals surface area (Å²) < 4.78 is 0. The lowest BCUT2D eigenvalue weighted by Gasteiger charge is -2.36. The average molecular weight is 453 g/mol. The van der Waals surface area contributed by atoms with Crippen molar-refractivity contribution in [1.82, 2.24) is 15.6 Å². The van der Waals surface area contributed by atoms with Gasteiger partial charge in [0.25, 0.3) is 5.91 Å². The van der Waals surface area contributed by atoms with E-state index in [-0.39, 0.29) is 24.4 Å². The van der Waals surface area contributed by atoms with E-state index in [0.29, 0.717) is 18.4 Å². The summed E-state index contributed by atoms with van der Waals surface area (Å²) in [4.78, 5) is 32.6. The van der Waals surface area contributed by atoms with E-state index in [1.807, 2.05) is 23.6 Å². The van der Waals surface area contributed by atoms with Crippen LogP contribution in [0.4, 0.5) is 5.13 Å². The average Bonchev–Trinajstić information content (AvgIpc) is 3.47. The molecule has 1 aliphatic carbocycles. The van der Waals surface area contributed by atoms with Crippen molar-refractivity contribution in [1.29, 1.82) is 5.26 Å². The molecule has 0 radical (unpaired) electrons. The number of amides is 2. The first-order chi connectivity index (χ1) is 15.5. The number of nitrogens with zero attached hydrogens (tertiary/aromatic N) is 3. The van der Waals surface area contributed by atoms with E-state index in [1.54, 1.807) is 23.5 Å². The highest BCUT2D eigenvalue weighted by Gasteiger charge is 2.40. The van der Waals surface area contributed by atoms with Gasteiger partial charge in [-0.1, -0.05) is 31.4 Å². The molecule has 168 valence electrons. The minimum absolute atomic E-state index is 0.0653. The molecule has 1 saturated carbocycles. The summed E-state index contributed by atoms with van der Waals surface area (Å²) in [6.45, 7) is 1.69. The molecule has 2 fully saturated rings. The fourth-order valence-electron chi connectivity index (χ4n) is 4.44. The van der Waals surface area contributed by atoms with E-state index in [1.165, 1.54) is 0 Å². The third kappa shape index (κ3) is 4.76. The first kappa shape index (κ1) is 22.2. The molecule has 2 aliphatic rings. The summed E-state index contributed by atoms with van der Waals surface area (Å²) >= 11 is 1.60. The van der Waals surface area contributed by atoms with Crippen molar-refractivity contribution in [3.05, 3.63) is 35.2 Å². The number of benzene rings is 1. The normalized spacial score (nSPS) is 19.9. The van der Waals surface area contributed by atoms with Crippen LogP contribution in [-0.4, -0.2) is 48.0 Å². The number of thiazole rings is 1. The number of aromatic nitrogens is 1. The molecular weight excluding hydrogens is 424 g/mol. The van der Waals surface area contributed by atoms with E-state index in [4.69, 9.17) is 16.0 Å². The summed E-state index contributed by atoms with van der Waals surface area (Å²) in [5.74, 6) is -0.559. The third-order valence-corrected chi connectivity index (χ3v) is 7.15. The summed E-state index contributed by atoms with van der Waals surface area (Å²) in [5.41, 5.74) is 7.35. The second kappa shape index (κ2) is 9.67.